The molecule has 0 atom stereocenters. The summed E-state index contributed by atoms with van der Waals surface area (Å²) in [4.78, 5) is 18.9. The molecule has 2 N–H and O–H groups in total. The second-order valence-corrected chi connectivity index (χ2v) is 20.7. The van der Waals surface area contributed by atoms with Crippen molar-refractivity contribution in [3.8, 4) is 44.5 Å². The molecule has 1 radical (unpaired) electrons. The number of rotatable bonds is 8. The molecule has 2 aliphatic heterocycles. The number of benzene rings is 4. The molecular weight excluding hydrogens is 841 g/mol. The first-order valence-corrected chi connectivity index (χ1v) is 22.1. The van der Waals surface area contributed by atoms with Gasteiger partial charge in [0.2, 0.25) is 0 Å². The third-order valence-corrected chi connectivity index (χ3v) is 12.5. The molecule has 8 nitrogen and oxygen atoms in total. The zero-order valence-electron chi connectivity index (χ0n) is 39.9. The van der Waals surface area contributed by atoms with Crippen molar-refractivity contribution in [2.24, 2.45) is 0 Å². The van der Waals surface area contributed by atoms with Crippen LogP contribution in [0.15, 0.2) is 121 Å². The van der Waals surface area contributed by atoms with Crippen LogP contribution >= 0.6 is 0 Å². The molecule has 9 rings (SSSR count). The number of fused-ring (bicyclic) bond motifs is 8. The third kappa shape index (κ3) is 8.96. The molecule has 3 aromatic heterocycles. The molecule has 4 aromatic carbocycles. The van der Waals surface area contributed by atoms with Crippen LogP contribution in [-0.2, 0) is 17.1 Å². The van der Waals surface area contributed by atoms with E-state index in [2.05, 4.69) is 240 Å². The van der Waals surface area contributed by atoms with E-state index in [0.717, 1.165) is 107 Å². The summed E-state index contributed by atoms with van der Waals surface area (Å²) < 4.78 is 2.91. The smallest absolute Gasteiger partial charge is 0.354 e. The molecule has 65 heavy (non-hydrogen) atoms. The maximum atomic E-state index is 5.53. The molecular formula is C56H62FeN8+7. The number of H-pyrrole nitrogens is 2. The molecule has 7 aromatic rings. The summed E-state index contributed by atoms with van der Waals surface area (Å²) in [5.41, 5.74) is 20.9. The van der Waals surface area contributed by atoms with Crippen molar-refractivity contribution < 1.29 is 17.1 Å². The van der Waals surface area contributed by atoms with Crippen LogP contribution in [-0.4, -0.2) is 105 Å². The number of aromatic amines is 2. The molecule has 0 fully saturated rings. The Labute approximate surface area is 395 Å². The van der Waals surface area contributed by atoms with E-state index in [1.807, 2.05) is 0 Å². The average Bonchev–Trinajstić information content (AvgIpc) is 4.08. The van der Waals surface area contributed by atoms with Gasteiger partial charge in [-0.3, -0.25) is 17.9 Å². The van der Waals surface area contributed by atoms with E-state index >= 15 is 0 Å². The molecule has 0 saturated heterocycles. The van der Waals surface area contributed by atoms with Gasteiger partial charge in [0.05, 0.1) is 107 Å². The molecule has 327 valence electrons. The van der Waals surface area contributed by atoms with Gasteiger partial charge < -0.3 is 9.97 Å². The monoisotopic (exact) mass is 902 g/mol. The van der Waals surface area contributed by atoms with Gasteiger partial charge in [0.1, 0.15) is 22.7 Å². The van der Waals surface area contributed by atoms with Gasteiger partial charge in [-0.2, -0.15) is 0 Å². The number of nitrogens with one attached hydrogen (secondary N) is 2. The van der Waals surface area contributed by atoms with Crippen LogP contribution < -0.4 is 17.9 Å². The summed E-state index contributed by atoms with van der Waals surface area (Å²) >= 11 is 0. The summed E-state index contributed by atoms with van der Waals surface area (Å²) in [6.45, 7) is 0. The van der Waals surface area contributed by atoms with Crippen LogP contribution in [0, 0.1) is 0 Å². The summed E-state index contributed by atoms with van der Waals surface area (Å²) in [6.07, 6.45) is 8.65. The van der Waals surface area contributed by atoms with Crippen molar-refractivity contribution in [3.63, 3.8) is 0 Å². The second-order valence-electron chi connectivity index (χ2n) is 20.7. The maximum absolute atomic E-state index is 5.53. The Morgan fingerprint density at radius 2 is 0.492 bits per heavy atom. The molecule has 2 aliphatic rings. The van der Waals surface area contributed by atoms with E-state index in [-0.39, 0.29) is 17.1 Å². The van der Waals surface area contributed by atoms with Crippen LogP contribution in [0.1, 0.15) is 22.8 Å². The van der Waals surface area contributed by atoms with Gasteiger partial charge in [0.25, 0.3) is 0 Å². The molecule has 0 amide bonds. The molecule has 9 heteroatoms. The van der Waals surface area contributed by atoms with Crippen molar-refractivity contribution in [1.29, 1.82) is 0 Å². The number of nitrogens with zero attached hydrogens (tertiary/aromatic N) is 6. The molecule has 0 aliphatic carbocycles. The van der Waals surface area contributed by atoms with Gasteiger partial charge in [0.15, 0.2) is 0 Å². The second kappa shape index (κ2) is 16.7. The van der Waals surface area contributed by atoms with Gasteiger partial charge in [0, 0.05) is 44.3 Å². The van der Waals surface area contributed by atoms with Gasteiger partial charge in [-0.25, -0.2) is 9.97 Å². The maximum Gasteiger partial charge on any atom is 3.00 e. The first-order chi connectivity index (χ1) is 30.2. The van der Waals surface area contributed by atoms with Crippen molar-refractivity contribution in [1.82, 2.24) is 37.9 Å². The summed E-state index contributed by atoms with van der Waals surface area (Å²) in [7, 11) is 26.4. The van der Waals surface area contributed by atoms with E-state index in [1.54, 1.807) is 0 Å². The van der Waals surface area contributed by atoms with Gasteiger partial charge in [-0.15, -0.1) is 0 Å². The van der Waals surface area contributed by atoms with E-state index in [4.69, 9.17) is 9.97 Å². The van der Waals surface area contributed by atoms with Crippen molar-refractivity contribution >= 4 is 69.1 Å². The zero-order valence-corrected chi connectivity index (χ0v) is 41.0. The average molecular weight is 903 g/mol. The minimum Gasteiger partial charge on any atom is -0.354 e. The fourth-order valence-corrected chi connectivity index (χ4v) is 8.72. The van der Waals surface area contributed by atoms with E-state index in [1.165, 1.54) is 22.7 Å². The van der Waals surface area contributed by atoms with Gasteiger partial charge in [-0.1, -0.05) is 0 Å². The number of hydrogen-bond acceptors (Lipinski definition) is 2. The minimum atomic E-state index is 0. The molecule has 0 unspecified atom stereocenters. The van der Waals surface area contributed by atoms with E-state index in [9.17, 15) is 0 Å². The van der Waals surface area contributed by atoms with Crippen LogP contribution in [0.2, 0.25) is 0 Å². The van der Waals surface area contributed by atoms with Crippen LogP contribution in [0.3, 0.4) is 0 Å². The molecule has 8 bridgehead atoms. The number of quaternary nitrogens is 4. The quantitative estimate of drug-likeness (QED) is 0.118. The van der Waals surface area contributed by atoms with Crippen LogP contribution in [0.4, 0.5) is 22.7 Å². The fourth-order valence-electron chi connectivity index (χ4n) is 8.72. The summed E-state index contributed by atoms with van der Waals surface area (Å²) in [5.74, 6) is 0. The SMILES string of the molecule is C[N+](C)(C)c1ccc(-c2c3nc(c(-c4ccc([N+](C)(C)C)cc4)c4ccc([nH]4)c(-c4ccc([N+](C)(C)C)cc4)c4ccc([nH]4)c(-c4ccc([N+](C)(C)C)cc4)c4nc2C=C4)C=C3)cc1.[Fe+3]. The Kier molecular flexibility index (Phi) is 11.7. The Morgan fingerprint density at radius 1 is 0.277 bits per heavy atom. The predicted molar refractivity (Wildman–Crippen MR) is 279 cm³/mol. The Bertz CT molecular complexity index is 2990. The Morgan fingerprint density at radius 3 is 0.754 bits per heavy atom. The first kappa shape index (κ1) is 45.4. The normalized spacial score (nSPS) is 13.0. The Hall–Kier alpha value is -6.16. The minimum absolute atomic E-state index is 0. The van der Waals surface area contributed by atoms with Crippen molar-refractivity contribution in [2.75, 3.05) is 84.6 Å². The first-order valence-electron chi connectivity index (χ1n) is 22.1. The molecule has 0 saturated carbocycles. The molecule has 0 spiro atoms. The standard InChI is InChI=1S/C56H62N8.Fe/c1-61(2,3)41-21-13-37(14-22-41)53-45-29-31-47(57-45)54(38-15-23-42(24-16-38)62(4,5)6)49-33-35-51(59-49)56(40-19-27-44(28-20-40)64(10,11)12)52-36-34-50(60-52)55(48-32-30-46(53)58-48)39-17-25-43(26-18-39)63(7,8)9;/h13-36,57-58H,1-12H3;/q+4;+3. The molecule has 5 heterocycles. The van der Waals surface area contributed by atoms with E-state index < -0.39 is 0 Å². The predicted octanol–water partition coefficient (Wildman–Crippen LogP) is 12.1. The Balaban J connectivity index is 0.00000576. The number of hydrogen-bond donors (Lipinski definition) is 2. The largest absolute Gasteiger partial charge is 3.00 e. The van der Waals surface area contributed by atoms with Crippen molar-refractivity contribution in [2.45, 2.75) is 0 Å². The number of aromatic nitrogens is 4. The topological polar surface area (TPSA) is 57.4 Å². The summed E-state index contributed by atoms with van der Waals surface area (Å²) in [5, 5.41) is 0. The zero-order chi connectivity index (χ0) is 45.3. The van der Waals surface area contributed by atoms with Crippen molar-refractivity contribution in [3.05, 3.63) is 144 Å². The van der Waals surface area contributed by atoms with Crippen LogP contribution in [0.25, 0.3) is 90.9 Å². The fraction of sp³-hybridized carbons (Fsp3) is 0.214. The third-order valence-electron chi connectivity index (χ3n) is 12.5. The van der Waals surface area contributed by atoms with E-state index in [0.29, 0.717) is 0 Å². The summed E-state index contributed by atoms with van der Waals surface area (Å²) in [6, 6.07) is 44.6. The van der Waals surface area contributed by atoms with Gasteiger partial charge >= 0.3 is 17.1 Å². The van der Waals surface area contributed by atoms with Crippen LogP contribution in [0.5, 0.6) is 0 Å². The van der Waals surface area contributed by atoms with Gasteiger partial charge in [-0.05, 0) is 168 Å².